The van der Waals surface area contributed by atoms with Crippen LogP contribution in [0.3, 0.4) is 0 Å². The van der Waals surface area contributed by atoms with Crippen molar-refractivity contribution in [3.05, 3.63) is 35.5 Å². The molecule has 7 heteroatoms. The number of ether oxygens (including phenoxy) is 1. The predicted molar refractivity (Wildman–Crippen MR) is 135 cm³/mol. The molecular weight excluding hydrogens is 445 g/mol. The summed E-state index contributed by atoms with van der Waals surface area (Å²) in [5, 5.41) is 9.58. The van der Waals surface area contributed by atoms with Crippen LogP contribution in [0.25, 0.3) is 11.1 Å². The van der Waals surface area contributed by atoms with Crippen molar-refractivity contribution >= 4 is 11.7 Å². The third-order valence-corrected chi connectivity index (χ3v) is 7.73. The fourth-order valence-corrected chi connectivity index (χ4v) is 5.38. The van der Waals surface area contributed by atoms with Gasteiger partial charge < -0.3 is 14.7 Å². The number of carboxylic acids is 1. The average molecular weight is 484 g/mol. The van der Waals surface area contributed by atoms with Crippen LogP contribution in [0.15, 0.2) is 18.5 Å². The summed E-state index contributed by atoms with van der Waals surface area (Å²) in [5.74, 6) is -0.722. The molecule has 0 bridgehead atoms. The van der Waals surface area contributed by atoms with Crippen molar-refractivity contribution in [2.75, 3.05) is 24.6 Å². The van der Waals surface area contributed by atoms with Gasteiger partial charge in [-0.2, -0.15) is 0 Å². The molecular formula is C28H38FN3O3. The molecule has 1 aliphatic heterocycles. The number of anilines is 1. The lowest BCUT2D eigenvalue weighted by Crippen LogP contribution is -2.38. The maximum Gasteiger partial charge on any atom is 0.307 e. The minimum atomic E-state index is -0.906. The van der Waals surface area contributed by atoms with Gasteiger partial charge in [0.05, 0.1) is 18.7 Å². The number of pyridine rings is 2. The fourth-order valence-electron chi connectivity index (χ4n) is 5.38. The van der Waals surface area contributed by atoms with Crippen LogP contribution in [0.5, 0.6) is 5.88 Å². The van der Waals surface area contributed by atoms with E-state index >= 15 is 4.39 Å². The minimum absolute atomic E-state index is 0.0247. The van der Waals surface area contributed by atoms with E-state index in [9.17, 15) is 9.90 Å². The molecule has 2 aromatic rings. The monoisotopic (exact) mass is 483 g/mol. The van der Waals surface area contributed by atoms with Gasteiger partial charge in [0.15, 0.2) is 5.82 Å². The van der Waals surface area contributed by atoms with E-state index < -0.39 is 11.8 Å². The molecule has 1 saturated heterocycles. The van der Waals surface area contributed by atoms with E-state index in [0.29, 0.717) is 34.9 Å². The number of aryl methyl sites for hydroxylation is 1. The van der Waals surface area contributed by atoms with Crippen LogP contribution in [0, 0.1) is 24.1 Å². The summed E-state index contributed by atoms with van der Waals surface area (Å²) in [5.41, 5.74) is 3.75. The summed E-state index contributed by atoms with van der Waals surface area (Å²) in [4.78, 5) is 22.7. The molecule has 0 radical (unpaired) electrons. The van der Waals surface area contributed by atoms with Crippen molar-refractivity contribution < 1.29 is 19.0 Å². The van der Waals surface area contributed by atoms with Crippen molar-refractivity contribution in [1.82, 2.24) is 9.97 Å². The topological polar surface area (TPSA) is 75.6 Å². The first kappa shape index (κ1) is 25.4. The van der Waals surface area contributed by atoms with E-state index in [-0.39, 0.29) is 17.7 Å². The number of carboxylic acid groups (broad SMARTS) is 1. The highest BCUT2D eigenvalue weighted by molar-refractivity contribution is 5.84. The summed E-state index contributed by atoms with van der Waals surface area (Å²) >= 11 is 0. The molecule has 0 atom stereocenters. The standard InChI is InChI=1S/C28H38FN3O3/c1-19-22(16-25(33)34)26(32-12-10-28(2,3)11-13-32)23(18-30-19)21-15-24(29)27(31-17-21)35-14-9-20-7-5-4-6-8-20/h15,17-18,20H,4-14,16H2,1-3H3,(H,33,34). The van der Waals surface area contributed by atoms with Crippen molar-refractivity contribution in [3.63, 3.8) is 0 Å². The lowest BCUT2D eigenvalue weighted by atomic mass is 9.82. The molecule has 3 heterocycles. The summed E-state index contributed by atoms with van der Waals surface area (Å²) in [6, 6.07) is 1.44. The lowest BCUT2D eigenvalue weighted by molar-refractivity contribution is -0.136. The lowest BCUT2D eigenvalue weighted by Gasteiger charge is -2.40. The number of aliphatic carboxylic acids is 1. The van der Waals surface area contributed by atoms with Crippen molar-refractivity contribution in [2.24, 2.45) is 11.3 Å². The van der Waals surface area contributed by atoms with Crippen LogP contribution in [0.4, 0.5) is 10.1 Å². The van der Waals surface area contributed by atoms with E-state index in [0.717, 1.165) is 38.0 Å². The van der Waals surface area contributed by atoms with Crippen LogP contribution < -0.4 is 9.64 Å². The number of hydrogen-bond donors (Lipinski definition) is 1. The van der Waals surface area contributed by atoms with Crippen molar-refractivity contribution in [1.29, 1.82) is 0 Å². The summed E-state index contributed by atoms with van der Waals surface area (Å²) in [7, 11) is 0. The Labute approximate surface area is 207 Å². The van der Waals surface area contributed by atoms with Gasteiger partial charge >= 0.3 is 5.97 Å². The number of aromatic nitrogens is 2. The summed E-state index contributed by atoms with van der Waals surface area (Å²) in [6.07, 6.45) is 12.5. The Morgan fingerprint density at radius 1 is 1.17 bits per heavy atom. The molecule has 0 aromatic carbocycles. The van der Waals surface area contributed by atoms with E-state index in [1.807, 2.05) is 6.92 Å². The second kappa shape index (κ2) is 10.9. The molecule has 0 unspecified atom stereocenters. The molecule has 4 rings (SSSR count). The molecule has 0 spiro atoms. The van der Waals surface area contributed by atoms with Gasteiger partial charge in [-0.25, -0.2) is 9.37 Å². The van der Waals surface area contributed by atoms with Gasteiger partial charge in [0.1, 0.15) is 0 Å². The first-order valence-electron chi connectivity index (χ1n) is 13.0. The molecule has 35 heavy (non-hydrogen) atoms. The molecule has 1 saturated carbocycles. The molecule has 2 aliphatic rings. The maximum atomic E-state index is 15.1. The summed E-state index contributed by atoms with van der Waals surface area (Å²) < 4.78 is 20.8. The number of hydrogen-bond acceptors (Lipinski definition) is 5. The third kappa shape index (κ3) is 6.30. The summed E-state index contributed by atoms with van der Waals surface area (Å²) in [6.45, 7) is 8.45. The Balaban J connectivity index is 1.59. The van der Waals surface area contributed by atoms with Gasteiger partial charge in [-0.1, -0.05) is 46.0 Å². The Kier molecular flexibility index (Phi) is 7.92. The molecule has 2 aromatic heterocycles. The zero-order chi connectivity index (χ0) is 25.0. The fraction of sp³-hybridized carbons (Fsp3) is 0.607. The number of piperidine rings is 1. The molecule has 1 aliphatic carbocycles. The van der Waals surface area contributed by atoms with Gasteiger partial charge in [0.25, 0.3) is 0 Å². The number of rotatable bonds is 8. The molecule has 1 N–H and O–H groups in total. The van der Waals surface area contributed by atoms with Crippen LogP contribution in [0.1, 0.15) is 76.5 Å². The van der Waals surface area contributed by atoms with E-state index in [1.165, 1.54) is 38.2 Å². The highest BCUT2D eigenvalue weighted by atomic mass is 19.1. The zero-order valence-corrected chi connectivity index (χ0v) is 21.3. The van der Waals surface area contributed by atoms with E-state index in [2.05, 4.69) is 28.7 Å². The number of nitrogens with zero attached hydrogens (tertiary/aromatic N) is 3. The molecule has 2 fully saturated rings. The van der Waals surface area contributed by atoms with Gasteiger partial charge in [-0.05, 0) is 43.6 Å². The molecule has 6 nitrogen and oxygen atoms in total. The molecule has 0 amide bonds. The predicted octanol–water partition coefficient (Wildman–Crippen LogP) is 6.19. The first-order chi connectivity index (χ1) is 16.7. The first-order valence-corrected chi connectivity index (χ1v) is 13.0. The number of carbonyl (C=O) groups is 1. The average Bonchev–Trinajstić information content (AvgIpc) is 2.82. The Bertz CT molecular complexity index is 1040. The zero-order valence-electron chi connectivity index (χ0n) is 21.3. The van der Waals surface area contributed by atoms with Gasteiger partial charge in [0, 0.05) is 47.9 Å². The second-order valence-electron chi connectivity index (χ2n) is 11.0. The smallest absolute Gasteiger partial charge is 0.307 e. The van der Waals surface area contributed by atoms with Crippen molar-refractivity contribution in [2.45, 2.75) is 78.6 Å². The Morgan fingerprint density at radius 2 is 1.89 bits per heavy atom. The third-order valence-electron chi connectivity index (χ3n) is 7.73. The van der Waals surface area contributed by atoms with E-state index in [4.69, 9.17) is 4.74 Å². The second-order valence-corrected chi connectivity index (χ2v) is 11.0. The minimum Gasteiger partial charge on any atom is -0.481 e. The highest BCUT2D eigenvalue weighted by Gasteiger charge is 2.29. The highest BCUT2D eigenvalue weighted by Crippen LogP contribution is 2.40. The Morgan fingerprint density at radius 3 is 2.54 bits per heavy atom. The largest absolute Gasteiger partial charge is 0.481 e. The number of halogens is 1. The molecule has 190 valence electrons. The SMILES string of the molecule is Cc1ncc(-c2cnc(OCCC3CCCCC3)c(F)c2)c(N2CCC(C)(C)CC2)c1CC(=O)O. The normalized spacial score (nSPS) is 18.5. The van der Waals surface area contributed by atoms with Crippen LogP contribution in [-0.4, -0.2) is 40.7 Å². The van der Waals surface area contributed by atoms with Crippen LogP contribution >= 0.6 is 0 Å². The van der Waals surface area contributed by atoms with Gasteiger partial charge in [-0.3, -0.25) is 9.78 Å². The quantitative estimate of drug-likeness (QED) is 0.482. The van der Waals surface area contributed by atoms with E-state index in [1.54, 1.807) is 12.4 Å². The van der Waals surface area contributed by atoms with Crippen LogP contribution in [0.2, 0.25) is 0 Å². The van der Waals surface area contributed by atoms with Crippen LogP contribution in [-0.2, 0) is 11.2 Å². The Hall–Kier alpha value is -2.70. The van der Waals surface area contributed by atoms with Gasteiger partial charge in [0.2, 0.25) is 5.88 Å². The van der Waals surface area contributed by atoms with Crippen molar-refractivity contribution in [3.8, 4) is 17.0 Å². The van der Waals surface area contributed by atoms with Gasteiger partial charge in [-0.15, -0.1) is 0 Å². The maximum absolute atomic E-state index is 15.1.